The molecule has 3 unspecified atom stereocenters. The minimum atomic E-state index is -0.154. The Morgan fingerprint density at radius 3 is 3.00 bits per heavy atom. The normalized spacial score (nSPS) is 41.8. The zero-order valence-corrected chi connectivity index (χ0v) is 7.66. The Morgan fingerprint density at radius 1 is 1.33 bits per heavy atom. The third kappa shape index (κ3) is 1.40. The third-order valence-corrected chi connectivity index (χ3v) is 3.20. The van der Waals surface area contributed by atoms with Gasteiger partial charge < -0.3 is 5.11 Å². The highest BCUT2D eigenvalue weighted by Gasteiger charge is 2.33. The molecule has 0 spiro atoms. The number of aliphatic imine (C=N–C) groups is 1. The minimum absolute atomic E-state index is 0.154. The molecule has 2 heteroatoms. The molecule has 0 aromatic carbocycles. The fraction of sp³-hybridized carbons (Fsp3) is 0.900. The zero-order chi connectivity index (χ0) is 8.55. The molecule has 2 aliphatic rings. The maximum Gasteiger partial charge on any atom is 0.0785 e. The molecular weight excluding hydrogens is 150 g/mol. The summed E-state index contributed by atoms with van der Waals surface area (Å²) in [4.78, 5) is 4.55. The van der Waals surface area contributed by atoms with Crippen LogP contribution in [0.3, 0.4) is 0 Å². The average molecular weight is 167 g/mol. The van der Waals surface area contributed by atoms with E-state index >= 15 is 0 Å². The number of fused-ring (bicyclic) bond motifs is 1. The second-order valence-electron chi connectivity index (χ2n) is 4.15. The van der Waals surface area contributed by atoms with E-state index < -0.39 is 0 Å². The van der Waals surface area contributed by atoms with Crippen LogP contribution in [0.15, 0.2) is 4.99 Å². The Labute approximate surface area is 73.7 Å². The standard InChI is InChI=1S/C10H17NO/c1-7-5-6-8-3-2-4-9(12)10(8)11-7/h8-10,12H,2-6H2,1H3. The van der Waals surface area contributed by atoms with Crippen molar-refractivity contribution in [1.82, 2.24) is 0 Å². The van der Waals surface area contributed by atoms with Gasteiger partial charge in [0.1, 0.15) is 0 Å². The molecular formula is C10H17NO. The molecule has 68 valence electrons. The molecule has 1 fully saturated rings. The van der Waals surface area contributed by atoms with E-state index in [4.69, 9.17) is 0 Å². The summed E-state index contributed by atoms with van der Waals surface area (Å²) in [5, 5.41) is 9.72. The summed E-state index contributed by atoms with van der Waals surface area (Å²) in [5.74, 6) is 0.678. The van der Waals surface area contributed by atoms with E-state index in [1.807, 2.05) is 0 Å². The maximum absolute atomic E-state index is 9.72. The van der Waals surface area contributed by atoms with Crippen molar-refractivity contribution in [3.8, 4) is 0 Å². The summed E-state index contributed by atoms with van der Waals surface area (Å²) in [5.41, 5.74) is 1.23. The van der Waals surface area contributed by atoms with Crippen molar-refractivity contribution < 1.29 is 5.11 Å². The second kappa shape index (κ2) is 3.17. The van der Waals surface area contributed by atoms with Gasteiger partial charge in [0, 0.05) is 5.71 Å². The lowest BCUT2D eigenvalue weighted by Crippen LogP contribution is -2.39. The van der Waals surface area contributed by atoms with Crippen LogP contribution in [0, 0.1) is 5.92 Å². The number of hydrogen-bond acceptors (Lipinski definition) is 2. The first-order chi connectivity index (χ1) is 5.77. The number of aliphatic hydroxyl groups excluding tert-OH is 1. The predicted octanol–water partition coefficient (Wildman–Crippen LogP) is 1.77. The lowest BCUT2D eigenvalue weighted by atomic mass is 9.78. The third-order valence-electron chi connectivity index (χ3n) is 3.20. The number of nitrogens with zero attached hydrogens (tertiary/aromatic N) is 1. The van der Waals surface area contributed by atoms with Crippen molar-refractivity contribution in [1.29, 1.82) is 0 Å². The van der Waals surface area contributed by atoms with Crippen molar-refractivity contribution >= 4 is 5.71 Å². The Bertz CT molecular complexity index is 200. The molecule has 3 atom stereocenters. The van der Waals surface area contributed by atoms with E-state index in [0.29, 0.717) is 5.92 Å². The van der Waals surface area contributed by atoms with Crippen LogP contribution in [0.4, 0.5) is 0 Å². The van der Waals surface area contributed by atoms with Gasteiger partial charge in [0.2, 0.25) is 0 Å². The molecule has 0 aromatic rings. The molecule has 0 bridgehead atoms. The Balaban J connectivity index is 2.14. The molecule has 0 radical (unpaired) electrons. The van der Waals surface area contributed by atoms with Crippen LogP contribution in [0.2, 0.25) is 0 Å². The maximum atomic E-state index is 9.72. The highest BCUT2D eigenvalue weighted by atomic mass is 16.3. The fourth-order valence-electron chi connectivity index (χ4n) is 2.46. The lowest BCUT2D eigenvalue weighted by Gasteiger charge is -2.36. The van der Waals surface area contributed by atoms with Crippen molar-refractivity contribution in [2.75, 3.05) is 0 Å². The Hall–Kier alpha value is -0.370. The van der Waals surface area contributed by atoms with E-state index in [0.717, 1.165) is 12.8 Å². The molecule has 2 rings (SSSR count). The number of rotatable bonds is 0. The second-order valence-corrected chi connectivity index (χ2v) is 4.15. The topological polar surface area (TPSA) is 32.6 Å². The Morgan fingerprint density at radius 2 is 2.17 bits per heavy atom. The monoisotopic (exact) mass is 167 g/mol. The molecule has 1 N–H and O–H groups in total. The molecule has 0 saturated heterocycles. The van der Waals surface area contributed by atoms with Crippen LogP contribution in [0.25, 0.3) is 0 Å². The van der Waals surface area contributed by atoms with Gasteiger partial charge in [-0.15, -0.1) is 0 Å². The van der Waals surface area contributed by atoms with Gasteiger partial charge in [0.05, 0.1) is 12.1 Å². The summed E-state index contributed by atoms with van der Waals surface area (Å²) in [6.07, 6.45) is 5.66. The molecule has 1 aliphatic carbocycles. The molecule has 1 saturated carbocycles. The van der Waals surface area contributed by atoms with E-state index in [-0.39, 0.29) is 12.1 Å². The average Bonchev–Trinajstić information content (AvgIpc) is 2.07. The summed E-state index contributed by atoms with van der Waals surface area (Å²) in [6.45, 7) is 2.08. The van der Waals surface area contributed by atoms with Crippen LogP contribution in [0.1, 0.15) is 39.0 Å². The Kier molecular flexibility index (Phi) is 2.18. The van der Waals surface area contributed by atoms with Crippen LogP contribution in [0.5, 0.6) is 0 Å². The first-order valence-corrected chi connectivity index (χ1v) is 4.98. The van der Waals surface area contributed by atoms with Gasteiger partial charge in [-0.05, 0) is 38.5 Å². The lowest BCUT2D eigenvalue weighted by molar-refractivity contribution is 0.0718. The molecule has 12 heavy (non-hydrogen) atoms. The van der Waals surface area contributed by atoms with Gasteiger partial charge in [-0.3, -0.25) is 4.99 Å². The zero-order valence-electron chi connectivity index (χ0n) is 7.66. The van der Waals surface area contributed by atoms with Crippen LogP contribution >= 0.6 is 0 Å². The number of aliphatic hydroxyl groups is 1. The van der Waals surface area contributed by atoms with E-state index in [9.17, 15) is 5.11 Å². The molecule has 2 nitrogen and oxygen atoms in total. The van der Waals surface area contributed by atoms with Crippen LogP contribution < -0.4 is 0 Å². The van der Waals surface area contributed by atoms with Crippen LogP contribution in [-0.4, -0.2) is 23.0 Å². The van der Waals surface area contributed by atoms with E-state index in [1.165, 1.54) is 25.0 Å². The fourth-order valence-corrected chi connectivity index (χ4v) is 2.46. The first kappa shape index (κ1) is 8.24. The first-order valence-electron chi connectivity index (χ1n) is 4.98. The minimum Gasteiger partial charge on any atom is -0.391 e. The van der Waals surface area contributed by atoms with Crippen molar-refractivity contribution in [3.63, 3.8) is 0 Å². The highest BCUT2D eigenvalue weighted by Crippen LogP contribution is 2.33. The largest absolute Gasteiger partial charge is 0.391 e. The van der Waals surface area contributed by atoms with Gasteiger partial charge in [-0.1, -0.05) is 6.42 Å². The van der Waals surface area contributed by atoms with Crippen molar-refractivity contribution in [2.45, 2.75) is 51.2 Å². The van der Waals surface area contributed by atoms with E-state index in [1.54, 1.807) is 0 Å². The van der Waals surface area contributed by atoms with Gasteiger partial charge in [-0.25, -0.2) is 0 Å². The molecule has 0 aromatic heterocycles. The van der Waals surface area contributed by atoms with Gasteiger partial charge in [-0.2, -0.15) is 0 Å². The van der Waals surface area contributed by atoms with Gasteiger partial charge >= 0.3 is 0 Å². The smallest absolute Gasteiger partial charge is 0.0785 e. The summed E-state index contributed by atoms with van der Waals surface area (Å²) in [6, 6.07) is 0.243. The predicted molar refractivity (Wildman–Crippen MR) is 49.5 cm³/mol. The molecule has 1 aliphatic heterocycles. The SMILES string of the molecule is CC1=NC2C(O)CCCC2CC1. The van der Waals surface area contributed by atoms with Gasteiger partial charge in [0.15, 0.2) is 0 Å². The van der Waals surface area contributed by atoms with Crippen LogP contribution in [-0.2, 0) is 0 Å². The van der Waals surface area contributed by atoms with Crippen molar-refractivity contribution in [2.24, 2.45) is 10.9 Å². The molecule has 0 amide bonds. The number of hydrogen-bond donors (Lipinski definition) is 1. The summed E-state index contributed by atoms with van der Waals surface area (Å²) < 4.78 is 0. The highest BCUT2D eigenvalue weighted by molar-refractivity contribution is 5.82. The quantitative estimate of drug-likeness (QED) is 0.586. The summed E-state index contributed by atoms with van der Waals surface area (Å²) in [7, 11) is 0. The molecule has 1 heterocycles. The van der Waals surface area contributed by atoms with E-state index in [2.05, 4.69) is 11.9 Å². The van der Waals surface area contributed by atoms with Crippen molar-refractivity contribution in [3.05, 3.63) is 0 Å². The summed E-state index contributed by atoms with van der Waals surface area (Å²) >= 11 is 0. The van der Waals surface area contributed by atoms with Gasteiger partial charge in [0.25, 0.3) is 0 Å².